The van der Waals surface area contributed by atoms with E-state index in [1.807, 2.05) is 0 Å². The van der Waals surface area contributed by atoms with Crippen molar-refractivity contribution in [2.45, 2.75) is 0 Å². The maximum atomic E-state index is 9.58. The van der Waals surface area contributed by atoms with E-state index in [-0.39, 0.29) is 0 Å². The van der Waals surface area contributed by atoms with E-state index in [4.69, 9.17) is 5.11 Å². The van der Waals surface area contributed by atoms with Crippen LogP contribution in [0.3, 0.4) is 0 Å². The van der Waals surface area contributed by atoms with Gasteiger partial charge in [-0.1, -0.05) is 12.1 Å². The Morgan fingerprint density at radius 2 is 1.55 bits per heavy atom. The second kappa shape index (κ2) is 5.58. The smallest absolute Gasteiger partial charge is 0.487 e. The zero-order valence-corrected chi connectivity index (χ0v) is 5.39. The first kappa shape index (κ1) is 9.81. The van der Waals surface area contributed by atoms with Crippen LogP contribution in [0, 0.1) is 12.7 Å². The third-order valence-corrected chi connectivity index (χ3v) is 0.701. The van der Waals surface area contributed by atoms with Crippen LogP contribution in [0.25, 0.3) is 0 Å². The molecule has 0 amide bonds. The summed E-state index contributed by atoms with van der Waals surface area (Å²) in [5.41, 5.74) is 0. The van der Waals surface area contributed by atoms with Crippen molar-refractivity contribution in [1.29, 1.82) is 0 Å². The first-order chi connectivity index (χ1) is 5.13. The van der Waals surface area contributed by atoms with Crippen LogP contribution in [0.5, 0.6) is 5.75 Å². The number of rotatable bonds is 0. The summed E-state index contributed by atoms with van der Waals surface area (Å²) >= 11 is 0. The predicted molar refractivity (Wildman–Crippen MR) is 33.5 cm³/mol. The van der Waals surface area contributed by atoms with Gasteiger partial charge in [-0.05, 0) is 18.2 Å². The van der Waals surface area contributed by atoms with Crippen LogP contribution < -0.4 is 0 Å². The lowest BCUT2D eigenvalue weighted by Gasteiger charge is -1.81. The van der Waals surface area contributed by atoms with E-state index in [2.05, 4.69) is 6.07 Å². The number of hydrogen-bond donors (Lipinski definition) is 1. The molecule has 4 heteroatoms. The lowest BCUT2D eigenvalue weighted by Crippen LogP contribution is -1.57. The number of aromatic hydroxyl groups is 1. The molecule has 0 heterocycles. The summed E-state index contributed by atoms with van der Waals surface area (Å²) in [6, 6.07) is 9.26. The second-order valence-corrected chi connectivity index (χ2v) is 1.47. The van der Waals surface area contributed by atoms with Crippen LogP contribution in [0.4, 0.5) is 13.2 Å². The minimum Gasteiger partial charge on any atom is -0.508 e. The Hall–Kier alpha value is -1.19. The normalized spacial score (nSPS) is 8.73. The Bertz CT molecular complexity index is 174. The van der Waals surface area contributed by atoms with Crippen LogP contribution in [-0.4, -0.2) is 5.11 Å². The molecular weight excluding hydrogens is 157 g/mol. The Morgan fingerprint density at radius 3 is 1.73 bits per heavy atom. The van der Waals surface area contributed by atoms with Crippen LogP contribution in [0.2, 0.25) is 0 Å². The molecule has 2 radical (unpaired) electrons. The van der Waals surface area contributed by atoms with Crippen molar-refractivity contribution in [2.24, 2.45) is 0 Å². The molecule has 0 saturated heterocycles. The molecule has 1 nitrogen and oxygen atoms in total. The van der Waals surface area contributed by atoms with Crippen LogP contribution in [0.1, 0.15) is 0 Å². The molecule has 0 unspecified atom stereocenters. The Labute approximate surface area is 62.1 Å². The summed E-state index contributed by atoms with van der Waals surface area (Å²) in [5, 5.41) is 8.61. The molecule has 60 valence electrons. The summed E-state index contributed by atoms with van der Waals surface area (Å²) in [6.45, 7) is -3.08. The molecular formula is C7H5F3O. The monoisotopic (exact) mass is 162 g/mol. The van der Waals surface area contributed by atoms with Crippen molar-refractivity contribution in [3.63, 3.8) is 0 Å². The van der Waals surface area contributed by atoms with Crippen molar-refractivity contribution in [2.75, 3.05) is 0 Å². The number of phenolic OH excluding ortho intramolecular Hbond substituents is 1. The quantitative estimate of drug-likeness (QED) is 0.621. The van der Waals surface area contributed by atoms with Crippen molar-refractivity contribution in [3.05, 3.63) is 37.0 Å². The number of phenols is 1. The molecule has 0 saturated carbocycles. The van der Waals surface area contributed by atoms with Crippen molar-refractivity contribution >= 4 is 0 Å². The summed E-state index contributed by atoms with van der Waals surface area (Å²) < 4.78 is 28.8. The molecule has 0 bridgehead atoms. The highest BCUT2D eigenvalue weighted by molar-refractivity contribution is 5.17. The van der Waals surface area contributed by atoms with Gasteiger partial charge in [0.05, 0.1) is 0 Å². The van der Waals surface area contributed by atoms with Gasteiger partial charge in [0, 0.05) is 0 Å². The fourth-order valence-corrected chi connectivity index (χ4v) is 0.378. The number of benzene rings is 1. The molecule has 1 N–H and O–H groups in total. The highest BCUT2D eigenvalue weighted by atomic mass is 19.4. The van der Waals surface area contributed by atoms with Crippen LogP contribution in [-0.2, 0) is 0 Å². The van der Waals surface area contributed by atoms with E-state index in [0.29, 0.717) is 5.75 Å². The van der Waals surface area contributed by atoms with Crippen LogP contribution >= 0.6 is 0 Å². The average molecular weight is 162 g/mol. The summed E-state index contributed by atoms with van der Waals surface area (Å²) in [7, 11) is 0. The predicted octanol–water partition coefficient (Wildman–Crippen LogP) is 2.53. The van der Waals surface area contributed by atoms with E-state index in [1.54, 1.807) is 24.3 Å². The summed E-state index contributed by atoms with van der Waals surface area (Å²) in [5.74, 6) is 0.291. The first-order valence-electron chi connectivity index (χ1n) is 2.61. The molecule has 1 aromatic rings. The summed E-state index contributed by atoms with van der Waals surface area (Å²) in [6.07, 6.45) is 0. The van der Waals surface area contributed by atoms with Gasteiger partial charge in [0.15, 0.2) is 0 Å². The second-order valence-electron chi connectivity index (χ2n) is 1.47. The fourth-order valence-electron chi connectivity index (χ4n) is 0.378. The molecule has 0 aromatic heterocycles. The molecule has 0 atom stereocenters. The maximum absolute atomic E-state index is 9.58. The third kappa shape index (κ3) is 8.81. The maximum Gasteiger partial charge on any atom is 0.487 e. The lowest BCUT2D eigenvalue weighted by molar-refractivity contribution is 0.142. The molecule has 1 aromatic carbocycles. The van der Waals surface area contributed by atoms with Gasteiger partial charge in [0.25, 0.3) is 0 Å². The van der Waals surface area contributed by atoms with E-state index >= 15 is 0 Å². The van der Waals surface area contributed by atoms with E-state index in [9.17, 15) is 13.2 Å². The van der Waals surface area contributed by atoms with E-state index in [0.717, 1.165) is 0 Å². The minimum atomic E-state index is -3.08. The Morgan fingerprint density at radius 1 is 1.18 bits per heavy atom. The van der Waals surface area contributed by atoms with Gasteiger partial charge in [0.1, 0.15) is 5.75 Å². The molecule has 1 rings (SSSR count). The summed E-state index contributed by atoms with van der Waals surface area (Å²) in [4.78, 5) is 0. The molecule has 11 heavy (non-hydrogen) atoms. The van der Waals surface area contributed by atoms with Gasteiger partial charge in [-0.2, -0.15) is 13.2 Å². The molecule has 0 aliphatic heterocycles. The Kier molecular flexibility index (Phi) is 4.98. The van der Waals surface area contributed by atoms with Gasteiger partial charge < -0.3 is 5.11 Å². The molecule has 0 spiro atoms. The van der Waals surface area contributed by atoms with Crippen LogP contribution in [0.15, 0.2) is 24.3 Å². The van der Waals surface area contributed by atoms with E-state index < -0.39 is 6.68 Å². The van der Waals surface area contributed by atoms with Crippen molar-refractivity contribution in [3.8, 4) is 5.75 Å². The SMILES string of the molecule is F[C](F)F.Oc1cc[c]cc1. The lowest BCUT2D eigenvalue weighted by atomic mass is 10.3. The molecule has 0 fully saturated rings. The standard InChI is InChI=1S/C6H5O.CF3/c7-6-4-2-1-3-5-6;2-1(3)4/h2-5,7H;. The van der Waals surface area contributed by atoms with Gasteiger partial charge in [-0.25, -0.2) is 0 Å². The highest BCUT2D eigenvalue weighted by Gasteiger charge is 1.93. The van der Waals surface area contributed by atoms with Gasteiger partial charge in [-0.15, -0.1) is 0 Å². The number of hydrogen-bond acceptors (Lipinski definition) is 1. The highest BCUT2D eigenvalue weighted by Crippen LogP contribution is 2.02. The third-order valence-electron chi connectivity index (χ3n) is 0.701. The van der Waals surface area contributed by atoms with Crippen molar-refractivity contribution < 1.29 is 18.3 Å². The van der Waals surface area contributed by atoms with Gasteiger partial charge >= 0.3 is 6.68 Å². The average Bonchev–Trinajstić information content (AvgIpc) is 1.87. The minimum absolute atomic E-state index is 0.291. The fraction of sp³-hybridized carbons (Fsp3) is 0. The zero-order chi connectivity index (χ0) is 8.69. The zero-order valence-electron chi connectivity index (χ0n) is 5.39. The van der Waals surface area contributed by atoms with E-state index in [1.165, 1.54) is 0 Å². The first-order valence-corrected chi connectivity index (χ1v) is 2.61. The number of halogens is 3. The van der Waals surface area contributed by atoms with Crippen molar-refractivity contribution in [1.82, 2.24) is 0 Å². The van der Waals surface area contributed by atoms with Gasteiger partial charge in [-0.3, -0.25) is 0 Å². The van der Waals surface area contributed by atoms with Gasteiger partial charge in [0.2, 0.25) is 0 Å². The molecule has 0 aliphatic rings. The Balaban J connectivity index is 0.000000218. The molecule has 0 aliphatic carbocycles. The topological polar surface area (TPSA) is 20.2 Å². The largest absolute Gasteiger partial charge is 0.508 e.